The molecule has 0 radical (unpaired) electrons. The Hall–Kier alpha value is -2.08. The van der Waals surface area contributed by atoms with Crippen molar-refractivity contribution in [1.82, 2.24) is 5.32 Å². The van der Waals surface area contributed by atoms with Crippen LogP contribution < -0.4 is 10.6 Å². The van der Waals surface area contributed by atoms with Gasteiger partial charge in [0.15, 0.2) is 5.78 Å². The maximum absolute atomic E-state index is 12.2. The Balaban J connectivity index is 2.16. The molecule has 1 unspecified atom stereocenters. The van der Waals surface area contributed by atoms with Crippen molar-refractivity contribution in [3.63, 3.8) is 0 Å². The van der Waals surface area contributed by atoms with Gasteiger partial charge in [0.05, 0.1) is 5.69 Å². The normalized spacial score (nSPS) is 18.1. The van der Waals surface area contributed by atoms with Crippen molar-refractivity contribution in [2.24, 2.45) is 0 Å². The summed E-state index contributed by atoms with van der Waals surface area (Å²) in [5.41, 5.74) is 0.0217. The summed E-state index contributed by atoms with van der Waals surface area (Å²) < 4.78 is 5.10. The lowest BCUT2D eigenvalue weighted by molar-refractivity contribution is -0.118. The van der Waals surface area contributed by atoms with Crippen molar-refractivity contribution >= 4 is 35.1 Å². The molecule has 0 aliphatic carbocycles. The lowest BCUT2D eigenvalue weighted by Crippen LogP contribution is -2.45. The van der Waals surface area contributed by atoms with Crippen molar-refractivity contribution in [2.75, 3.05) is 5.32 Å². The van der Waals surface area contributed by atoms with Crippen LogP contribution in [0.2, 0.25) is 5.02 Å². The first-order chi connectivity index (χ1) is 10.2. The zero-order chi connectivity index (χ0) is 16.5. The molecule has 118 valence electrons. The van der Waals surface area contributed by atoms with Crippen LogP contribution in [0.25, 0.3) is 0 Å². The number of alkyl carbamates (subject to hydrolysis) is 1. The summed E-state index contributed by atoms with van der Waals surface area (Å²) in [6.45, 7) is 5.13. The van der Waals surface area contributed by atoms with E-state index in [1.165, 1.54) is 6.07 Å². The van der Waals surface area contributed by atoms with Crippen LogP contribution >= 0.6 is 11.6 Å². The Kier molecular flexibility index (Phi) is 4.42. The summed E-state index contributed by atoms with van der Waals surface area (Å²) in [7, 11) is 0. The standard InChI is InChI=1S/C15H17ClN2O4/c1-15(2,3)22-14(21)18-11-7-12(19)9-6-8(16)4-5-10(9)17-13(11)20/h4-6,11H,7H2,1-3H3,(H,17,20)(H,18,21). The molecule has 1 aromatic carbocycles. The van der Waals surface area contributed by atoms with Gasteiger partial charge in [0, 0.05) is 17.0 Å². The van der Waals surface area contributed by atoms with Gasteiger partial charge in [-0.2, -0.15) is 0 Å². The summed E-state index contributed by atoms with van der Waals surface area (Å²) in [5, 5.41) is 5.43. The second kappa shape index (κ2) is 5.96. The van der Waals surface area contributed by atoms with Crippen LogP contribution in [0.3, 0.4) is 0 Å². The van der Waals surface area contributed by atoms with Crippen molar-refractivity contribution in [3.8, 4) is 0 Å². The number of hydrogen-bond acceptors (Lipinski definition) is 4. The largest absolute Gasteiger partial charge is 0.444 e. The van der Waals surface area contributed by atoms with Crippen LogP contribution in [0.5, 0.6) is 0 Å². The van der Waals surface area contributed by atoms with Crippen molar-refractivity contribution in [1.29, 1.82) is 0 Å². The molecule has 7 heteroatoms. The molecule has 1 atom stereocenters. The van der Waals surface area contributed by atoms with Crippen LogP contribution in [0.4, 0.5) is 10.5 Å². The molecule has 0 spiro atoms. The molecule has 6 nitrogen and oxygen atoms in total. The van der Waals surface area contributed by atoms with Gasteiger partial charge in [-0.15, -0.1) is 0 Å². The summed E-state index contributed by atoms with van der Waals surface area (Å²) in [5.74, 6) is -0.753. The van der Waals surface area contributed by atoms with E-state index in [4.69, 9.17) is 16.3 Å². The average Bonchev–Trinajstić information content (AvgIpc) is 2.47. The van der Waals surface area contributed by atoms with Gasteiger partial charge in [-0.1, -0.05) is 11.6 Å². The third kappa shape index (κ3) is 3.98. The molecule has 2 N–H and O–H groups in total. The fourth-order valence-corrected chi connectivity index (χ4v) is 2.20. The highest BCUT2D eigenvalue weighted by Gasteiger charge is 2.31. The Labute approximate surface area is 133 Å². The highest BCUT2D eigenvalue weighted by Crippen LogP contribution is 2.25. The summed E-state index contributed by atoms with van der Waals surface area (Å²) in [6, 6.07) is 3.64. The number of nitrogens with one attached hydrogen (secondary N) is 2. The van der Waals surface area contributed by atoms with E-state index < -0.39 is 23.6 Å². The minimum Gasteiger partial charge on any atom is -0.444 e. The van der Waals surface area contributed by atoms with Gasteiger partial charge in [-0.25, -0.2) is 4.79 Å². The van der Waals surface area contributed by atoms with Gasteiger partial charge in [0.1, 0.15) is 11.6 Å². The number of ketones is 1. The van der Waals surface area contributed by atoms with E-state index in [0.29, 0.717) is 16.3 Å². The zero-order valence-electron chi connectivity index (χ0n) is 12.5. The quantitative estimate of drug-likeness (QED) is 0.832. The topological polar surface area (TPSA) is 84.5 Å². The number of carbonyl (C=O) groups is 3. The van der Waals surface area contributed by atoms with E-state index in [1.54, 1.807) is 32.9 Å². The van der Waals surface area contributed by atoms with E-state index >= 15 is 0 Å². The van der Waals surface area contributed by atoms with Gasteiger partial charge in [0.25, 0.3) is 0 Å². The molecule has 0 fully saturated rings. The fraction of sp³-hybridized carbons (Fsp3) is 0.400. The van der Waals surface area contributed by atoms with E-state index in [2.05, 4.69) is 10.6 Å². The van der Waals surface area contributed by atoms with Gasteiger partial charge in [0.2, 0.25) is 5.91 Å². The Bertz CT molecular complexity index is 637. The molecule has 1 heterocycles. The maximum Gasteiger partial charge on any atom is 0.408 e. The number of carbonyl (C=O) groups excluding carboxylic acids is 3. The van der Waals surface area contributed by atoms with Crippen molar-refractivity contribution in [3.05, 3.63) is 28.8 Å². The molecule has 0 saturated heterocycles. The maximum atomic E-state index is 12.2. The zero-order valence-corrected chi connectivity index (χ0v) is 13.3. The van der Waals surface area contributed by atoms with Crippen LogP contribution in [-0.2, 0) is 9.53 Å². The van der Waals surface area contributed by atoms with Gasteiger partial charge < -0.3 is 15.4 Å². The third-order valence-corrected chi connectivity index (χ3v) is 3.17. The molecule has 0 saturated carbocycles. The predicted molar refractivity (Wildman–Crippen MR) is 82.2 cm³/mol. The fourth-order valence-electron chi connectivity index (χ4n) is 2.03. The number of amides is 2. The molecule has 2 amide bonds. The predicted octanol–water partition coefficient (Wildman–Crippen LogP) is 2.76. The highest BCUT2D eigenvalue weighted by atomic mass is 35.5. The molecule has 2 rings (SSSR count). The number of hydrogen-bond donors (Lipinski definition) is 2. The van der Waals surface area contributed by atoms with Crippen molar-refractivity contribution in [2.45, 2.75) is 38.8 Å². The minimum atomic E-state index is -0.992. The first-order valence-corrected chi connectivity index (χ1v) is 7.16. The molecule has 22 heavy (non-hydrogen) atoms. The highest BCUT2D eigenvalue weighted by molar-refractivity contribution is 6.31. The smallest absolute Gasteiger partial charge is 0.408 e. The molecule has 1 aliphatic rings. The molecular weight excluding hydrogens is 308 g/mol. The SMILES string of the molecule is CC(C)(C)OC(=O)NC1CC(=O)c2cc(Cl)ccc2NC1=O. The Morgan fingerprint density at radius 2 is 2.05 bits per heavy atom. The van der Waals surface area contributed by atoms with Crippen LogP contribution in [-0.4, -0.2) is 29.4 Å². The van der Waals surface area contributed by atoms with E-state index in [-0.39, 0.29) is 12.2 Å². The number of benzene rings is 1. The Morgan fingerprint density at radius 3 is 2.68 bits per heavy atom. The summed E-state index contributed by atoms with van der Waals surface area (Å²) in [4.78, 5) is 36.2. The van der Waals surface area contributed by atoms with E-state index in [9.17, 15) is 14.4 Å². The summed E-state index contributed by atoms with van der Waals surface area (Å²) in [6.07, 6.45) is -0.900. The number of Topliss-reactive ketones (excluding diaryl/α,β-unsaturated/α-hetero) is 1. The number of ether oxygens (including phenoxy) is 1. The third-order valence-electron chi connectivity index (χ3n) is 2.94. The van der Waals surface area contributed by atoms with Crippen molar-refractivity contribution < 1.29 is 19.1 Å². The van der Waals surface area contributed by atoms with Crippen LogP contribution in [0.1, 0.15) is 37.6 Å². The number of fused-ring (bicyclic) bond motifs is 1. The van der Waals surface area contributed by atoms with Crippen LogP contribution in [0, 0.1) is 0 Å². The van der Waals surface area contributed by atoms with Crippen LogP contribution in [0.15, 0.2) is 18.2 Å². The van der Waals surface area contributed by atoms with E-state index in [0.717, 1.165) is 0 Å². The van der Waals surface area contributed by atoms with Gasteiger partial charge in [-0.3, -0.25) is 9.59 Å². The first-order valence-electron chi connectivity index (χ1n) is 6.79. The molecule has 1 aliphatic heterocycles. The first kappa shape index (κ1) is 16.3. The monoisotopic (exact) mass is 324 g/mol. The minimum absolute atomic E-state index is 0.154. The summed E-state index contributed by atoms with van der Waals surface area (Å²) >= 11 is 5.87. The molecule has 1 aromatic rings. The lowest BCUT2D eigenvalue weighted by atomic mass is 10.0. The average molecular weight is 325 g/mol. The lowest BCUT2D eigenvalue weighted by Gasteiger charge is -2.22. The number of halogens is 1. The van der Waals surface area contributed by atoms with E-state index in [1.807, 2.05) is 0 Å². The number of rotatable bonds is 1. The molecular formula is C15H17ClN2O4. The number of anilines is 1. The second-order valence-corrected chi connectivity index (χ2v) is 6.44. The van der Waals surface area contributed by atoms with Gasteiger partial charge >= 0.3 is 6.09 Å². The van der Waals surface area contributed by atoms with Gasteiger partial charge in [-0.05, 0) is 39.0 Å². The second-order valence-electron chi connectivity index (χ2n) is 6.01. The molecule has 0 bridgehead atoms. The molecule has 0 aromatic heterocycles. The Morgan fingerprint density at radius 1 is 1.36 bits per heavy atom.